The lowest BCUT2D eigenvalue weighted by Gasteiger charge is -2.13. The van der Waals surface area contributed by atoms with Gasteiger partial charge in [-0.2, -0.15) is 0 Å². The fourth-order valence-corrected chi connectivity index (χ4v) is 5.76. The number of hydrogen-bond donors (Lipinski definition) is 1. The van der Waals surface area contributed by atoms with Crippen molar-refractivity contribution in [2.24, 2.45) is 0 Å². The summed E-state index contributed by atoms with van der Waals surface area (Å²) in [5.74, 6) is 0.223. The Labute approximate surface area is 239 Å². The summed E-state index contributed by atoms with van der Waals surface area (Å²) in [7, 11) is 1.55. The molecule has 0 spiro atoms. The number of benzene rings is 3. The van der Waals surface area contributed by atoms with E-state index in [0.29, 0.717) is 43.3 Å². The van der Waals surface area contributed by atoms with Gasteiger partial charge in [-0.15, -0.1) is 0 Å². The zero-order valence-electron chi connectivity index (χ0n) is 19.3. The third kappa shape index (κ3) is 6.95. The molecule has 1 heterocycles. The highest BCUT2D eigenvalue weighted by Gasteiger charge is 2.36. The number of methoxy groups -OCH3 is 1. The smallest absolute Gasteiger partial charge is 0.294 e. The van der Waals surface area contributed by atoms with Gasteiger partial charge in [0.1, 0.15) is 24.7 Å². The van der Waals surface area contributed by atoms with Gasteiger partial charge in [-0.3, -0.25) is 19.3 Å². The molecule has 1 saturated heterocycles. The zero-order chi connectivity index (χ0) is 26.5. The molecule has 0 unspecified atom stereocenters. The number of anilines is 1. The van der Waals surface area contributed by atoms with Crippen molar-refractivity contribution in [2.75, 3.05) is 19.0 Å². The number of amides is 3. The van der Waals surface area contributed by atoms with Crippen molar-refractivity contribution in [3.63, 3.8) is 0 Å². The fraction of sp³-hybridized carbons (Fsp3) is 0.115. The van der Waals surface area contributed by atoms with E-state index in [0.717, 1.165) is 22.2 Å². The van der Waals surface area contributed by atoms with Gasteiger partial charge in [0.2, 0.25) is 5.91 Å². The van der Waals surface area contributed by atoms with Gasteiger partial charge in [0.05, 0.1) is 21.0 Å². The van der Waals surface area contributed by atoms with E-state index < -0.39 is 17.1 Å². The molecule has 3 aromatic carbocycles. The Morgan fingerprint density at radius 2 is 1.70 bits per heavy atom. The Hall–Kier alpha value is -2.79. The summed E-state index contributed by atoms with van der Waals surface area (Å²) < 4.78 is 12.4. The molecular formula is C26H19Br2ClN2O5S. The molecule has 190 valence electrons. The van der Waals surface area contributed by atoms with Crippen LogP contribution in [0.3, 0.4) is 0 Å². The van der Waals surface area contributed by atoms with Crippen LogP contribution in [-0.4, -0.2) is 35.6 Å². The van der Waals surface area contributed by atoms with E-state index in [1.807, 2.05) is 12.1 Å². The van der Waals surface area contributed by atoms with E-state index in [1.54, 1.807) is 61.7 Å². The summed E-state index contributed by atoms with van der Waals surface area (Å²) >= 11 is 13.7. The van der Waals surface area contributed by atoms with Crippen molar-refractivity contribution in [1.29, 1.82) is 0 Å². The average molecular weight is 667 g/mol. The molecule has 0 bridgehead atoms. The third-order valence-corrected chi connectivity index (χ3v) is 7.50. The van der Waals surface area contributed by atoms with Gasteiger partial charge in [-0.05, 0) is 109 Å². The minimum absolute atomic E-state index is 0.218. The van der Waals surface area contributed by atoms with Crippen LogP contribution < -0.4 is 14.8 Å². The van der Waals surface area contributed by atoms with E-state index in [2.05, 4.69) is 37.2 Å². The Morgan fingerprint density at radius 3 is 2.32 bits per heavy atom. The number of ether oxygens (including phenoxy) is 2. The number of hydrogen-bond acceptors (Lipinski definition) is 6. The van der Waals surface area contributed by atoms with Gasteiger partial charge in [-0.1, -0.05) is 23.7 Å². The molecule has 0 saturated carbocycles. The SMILES string of the molecule is COc1ccc(NC(=O)CN2C(=O)S/C(=C/c3cc(Br)c(OCc4ccc(Cl)cc4)c(Br)c3)C2=O)cc1. The minimum Gasteiger partial charge on any atom is -0.497 e. The van der Waals surface area contributed by atoms with Crippen molar-refractivity contribution in [1.82, 2.24) is 4.90 Å². The lowest BCUT2D eigenvalue weighted by molar-refractivity contribution is -0.127. The van der Waals surface area contributed by atoms with E-state index in [4.69, 9.17) is 21.1 Å². The molecule has 1 fully saturated rings. The van der Waals surface area contributed by atoms with Crippen LogP contribution >= 0.6 is 55.2 Å². The molecule has 3 amide bonds. The lowest BCUT2D eigenvalue weighted by atomic mass is 10.2. The number of nitrogens with one attached hydrogen (secondary N) is 1. The maximum atomic E-state index is 12.9. The molecule has 0 atom stereocenters. The minimum atomic E-state index is -0.532. The molecule has 1 aliphatic heterocycles. The van der Waals surface area contributed by atoms with Crippen LogP contribution in [-0.2, 0) is 16.2 Å². The van der Waals surface area contributed by atoms with Gasteiger partial charge < -0.3 is 14.8 Å². The number of carbonyl (C=O) groups excluding carboxylic acids is 3. The van der Waals surface area contributed by atoms with Gasteiger partial charge >= 0.3 is 0 Å². The monoisotopic (exact) mass is 664 g/mol. The Balaban J connectivity index is 1.41. The number of carbonyl (C=O) groups is 3. The van der Waals surface area contributed by atoms with Crippen molar-refractivity contribution in [2.45, 2.75) is 6.61 Å². The second-order valence-corrected chi connectivity index (χ2v) is 10.9. The summed E-state index contributed by atoms with van der Waals surface area (Å²) in [5, 5.41) is 2.81. The highest BCUT2D eigenvalue weighted by molar-refractivity contribution is 9.11. The van der Waals surface area contributed by atoms with E-state index >= 15 is 0 Å². The Bertz CT molecular complexity index is 1360. The van der Waals surface area contributed by atoms with E-state index in [9.17, 15) is 14.4 Å². The largest absolute Gasteiger partial charge is 0.497 e. The third-order valence-electron chi connectivity index (χ3n) is 5.16. The molecule has 7 nitrogen and oxygen atoms in total. The van der Waals surface area contributed by atoms with E-state index in [1.165, 1.54) is 0 Å². The molecule has 1 aliphatic rings. The van der Waals surface area contributed by atoms with Crippen LogP contribution in [0, 0.1) is 0 Å². The summed E-state index contributed by atoms with van der Waals surface area (Å²) in [6.07, 6.45) is 1.60. The molecule has 4 rings (SSSR count). The highest BCUT2D eigenvalue weighted by atomic mass is 79.9. The highest BCUT2D eigenvalue weighted by Crippen LogP contribution is 2.38. The standard InChI is InChI=1S/C26H19Br2ClN2O5S/c1-35-19-8-6-18(7-9-19)30-23(32)13-31-25(33)22(37-26(31)34)12-16-10-20(27)24(21(28)11-16)36-14-15-2-4-17(29)5-3-15/h2-12H,13-14H2,1H3,(H,30,32)/b22-12+. The Kier molecular flexibility index (Phi) is 8.96. The molecule has 0 aromatic heterocycles. The van der Waals surface area contributed by atoms with Gasteiger partial charge in [-0.25, -0.2) is 0 Å². The van der Waals surface area contributed by atoms with Crippen LogP contribution in [0.2, 0.25) is 5.02 Å². The Morgan fingerprint density at radius 1 is 1.05 bits per heavy atom. The van der Waals surface area contributed by atoms with Crippen LogP contribution in [0.4, 0.5) is 10.5 Å². The summed E-state index contributed by atoms with van der Waals surface area (Å²) in [6, 6.07) is 17.7. The fourth-order valence-electron chi connectivity index (χ4n) is 3.34. The normalized spacial score (nSPS) is 14.3. The number of thioether (sulfide) groups is 1. The van der Waals surface area contributed by atoms with Crippen LogP contribution in [0.25, 0.3) is 6.08 Å². The second-order valence-electron chi connectivity index (χ2n) is 7.77. The molecular weight excluding hydrogens is 648 g/mol. The van der Waals surface area contributed by atoms with Crippen molar-refractivity contribution in [3.8, 4) is 11.5 Å². The maximum absolute atomic E-state index is 12.9. The number of rotatable bonds is 8. The summed E-state index contributed by atoms with van der Waals surface area (Å²) in [6.45, 7) is -0.0515. The average Bonchev–Trinajstić information content (AvgIpc) is 3.12. The topological polar surface area (TPSA) is 84.9 Å². The van der Waals surface area contributed by atoms with Gasteiger partial charge in [0.25, 0.3) is 11.1 Å². The molecule has 0 aliphatic carbocycles. The van der Waals surface area contributed by atoms with Gasteiger partial charge in [0.15, 0.2) is 0 Å². The van der Waals surface area contributed by atoms with Crippen LogP contribution in [0.15, 0.2) is 74.5 Å². The van der Waals surface area contributed by atoms with Crippen molar-refractivity contribution < 1.29 is 23.9 Å². The predicted molar refractivity (Wildman–Crippen MR) is 152 cm³/mol. The first-order valence-corrected chi connectivity index (χ1v) is 13.6. The van der Waals surface area contributed by atoms with Crippen LogP contribution in [0.1, 0.15) is 11.1 Å². The number of nitrogens with zero attached hydrogens (tertiary/aromatic N) is 1. The van der Waals surface area contributed by atoms with Crippen LogP contribution in [0.5, 0.6) is 11.5 Å². The molecule has 1 N–H and O–H groups in total. The zero-order valence-corrected chi connectivity index (χ0v) is 24.0. The van der Waals surface area contributed by atoms with Crippen molar-refractivity contribution >= 4 is 84.0 Å². The molecule has 11 heteroatoms. The maximum Gasteiger partial charge on any atom is 0.294 e. The first kappa shape index (κ1) is 27.3. The first-order chi connectivity index (χ1) is 17.7. The first-order valence-electron chi connectivity index (χ1n) is 10.8. The second kappa shape index (κ2) is 12.2. The lowest BCUT2D eigenvalue weighted by Crippen LogP contribution is -2.36. The predicted octanol–water partition coefficient (Wildman–Crippen LogP) is 7.13. The van der Waals surface area contributed by atoms with Gasteiger partial charge in [0, 0.05) is 10.7 Å². The van der Waals surface area contributed by atoms with Crippen molar-refractivity contribution in [3.05, 3.63) is 90.7 Å². The molecule has 0 radical (unpaired) electrons. The summed E-state index contributed by atoms with van der Waals surface area (Å²) in [4.78, 5) is 38.9. The number of halogens is 3. The number of imide groups is 1. The summed E-state index contributed by atoms with van der Waals surface area (Å²) in [5.41, 5.74) is 2.16. The quantitative estimate of drug-likeness (QED) is 0.258. The molecule has 3 aromatic rings. The van der Waals surface area contributed by atoms with E-state index in [-0.39, 0.29) is 11.4 Å². The molecule has 37 heavy (non-hydrogen) atoms.